The lowest BCUT2D eigenvalue weighted by molar-refractivity contribution is -0.125. The highest BCUT2D eigenvalue weighted by molar-refractivity contribution is 7.99. The van der Waals surface area contributed by atoms with Gasteiger partial charge in [-0.1, -0.05) is 23.9 Å². The number of hydrogen-bond acceptors (Lipinski definition) is 6. The smallest absolute Gasteiger partial charge is 0.223 e. The average molecular weight is 440 g/mol. The van der Waals surface area contributed by atoms with Gasteiger partial charge < -0.3 is 15.1 Å². The van der Waals surface area contributed by atoms with Gasteiger partial charge in [-0.25, -0.2) is 9.97 Å². The zero-order valence-electron chi connectivity index (χ0n) is 18.6. The number of nitrogens with zero attached hydrogens (tertiary/aromatic N) is 4. The van der Waals surface area contributed by atoms with Gasteiger partial charge in [0.25, 0.3) is 0 Å². The fraction of sp³-hybridized carbons (Fsp3) is 0.542. The predicted octanol–water partition coefficient (Wildman–Crippen LogP) is 3.67. The molecule has 1 aromatic carbocycles. The van der Waals surface area contributed by atoms with Crippen LogP contribution in [0.3, 0.4) is 0 Å². The van der Waals surface area contributed by atoms with Crippen LogP contribution in [0.2, 0.25) is 0 Å². The van der Waals surface area contributed by atoms with Crippen LogP contribution < -0.4 is 10.2 Å². The Balaban J connectivity index is 1.28. The van der Waals surface area contributed by atoms with Crippen LogP contribution in [0.15, 0.2) is 40.5 Å². The van der Waals surface area contributed by atoms with E-state index in [0.717, 1.165) is 49.9 Å². The van der Waals surface area contributed by atoms with Gasteiger partial charge in [0.05, 0.1) is 0 Å². The fourth-order valence-corrected chi connectivity index (χ4v) is 5.31. The molecular weight excluding hydrogens is 406 g/mol. The number of aromatic nitrogens is 2. The molecule has 4 rings (SSSR count). The van der Waals surface area contributed by atoms with Crippen LogP contribution in [-0.4, -0.2) is 60.0 Å². The molecule has 31 heavy (non-hydrogen) atoms. The Labute approximate surface area is 189 Å². The van der Waals surface area contributed by atoms with E-state index in [4.69, 9.17) is 0 Å². The number of piperidine rings is 1. The Hall–Kier alpha value is -2.12. The second kappa shape index (κ2) is 10.5. The number of nitrogens with one attached hydrogen (secondary N) is 1. The van der Waals surface area contributed by atoms with Crippen molar-refractivity contribution >= 4 is 23.5 Å². The van der Waals surface area contributed by atoms with Crippen LogP contribution in [0.1, 0.15) is 36.8 Å². The molecule has 0 radical (unpaired) electrons. The van der Waals surface area contributed by atoms with Gasteiger partial charge in [-0.15, -0.1) is 0 Å². The molecule has 1 N–H and O–H groups in total. The van der Waals surface area contributed by atoms with Gasteiger partial charge in [0.2, 0.25) is 5.91 Å². The van der Waals surface area contributed by atoms with Crippen molar-refractivity contribution in [3.05, 3.63) is 41.7 Å². The van der Waals surface area contributed by atoms with Gasteiger partial charge in [-0.2, -0.15) is 0 Å². The molecule has 2 aromatic rings. The number of amides is 1. The second-order valence-electron chi connectivity index (χ2n) is 8.69. The van der Waals surface area contributed by atoms with Gasteiger partial charge >= 0.3 is 0 Å². The van der Waals surface area contributed by atoms with Crippen molar-refractivity contribution in [2.45, 2.75) is 49.5 Å². The monoisotopic (exact) mass is 439 g/mol. The summed E-state index contributed by atoms with van der Waals surface area (Å²) < 4.78 is 0. The first-order valence-electron chi connectivity index (χ1n) is 11.4. The van der Waals surface area contributed by atoms with Crippen LogP contribution in [0.25, 0.3) is 0 Å². The lowest BCUT2D eigenvalue weighted by Crippen LogP contribution is -2.42. The summed E-state index contributed by atoms with van der Waals surface area (Å²) in [7, 11) is 0. The van der Waals surface area contributed by atoms with Gasteiger partial charge in [-0.3, -0.25) is 4.79 Å². The molecule has 2 aliphatic heterocycles. The summed E-state index contributed by atoms with van der Waals surface area (Å²) in [6, 6.07) is 8.57. The summed E-state index contributed by atoms with van der Waals surface area (Å²) in [5, 5.41) is 4.11. The van der Waals surface area contributed by atoms with Crippen LogP contribution in [0, 0.1) is 19.8 Å². The van der Waals surface area contributed by atoms with Crippen molar-refractivity contribution in [1.29, 1.82) is 0 Å². The lowest BCUT2D eigenvalue weighted by Gasteiger charge is -2.32. The first kappa shape index (κ1) is 22.1. The third-order valence-corrected chi connectivity index (χ3v) is 7.39. The molecule has 3 heterocycles. The summed E-state index contributed by atoms with van der Waals surface area (Å²) in [4.78, 5) is 27.5. The van der Waals surface area contributed by atoms with Crippen LogP contribution >= 0.6 is 11.8 Å². The Morgan fingerprint density at radius 1 is 1.10 bits per heavy atom. The van der Waals surface area contributed by atoms with E-state index in [0.29, 0.717) is 0 Å². The third kappa shape index (κ3) is 5.98. The highest BCUT2D eigenvalue weighted by Gasteiger charge is 2.26. The molecule has 6 nitrogen and oxygen atoms in total. The van der Waals surface area contributed by atoms with E-state index in [-0.39, 0.29) is 11.8 Å². The second-order valence-corrected chi connectivity index (χ2v) is 9.75. The van der Waals surface area contributed by atoms with Gasteiger partial charge in [0.1, 0.15) is 17.2 Å². The van der Waals surface area contributed by atoms with E-state index < -0.39 is 0 Å². The van der Waals surface area contributed by atoms with Crippen LogP contribution in [0.4, 0.5) is 5.82 Å². The lowest BCUT2D eigenvalue weighted by atomic mass is 9.96. The maximum absolute atomic E-state index is 12.6. The van der Waals surface area contributed by atoms with Crippen molar-refractivity contribution in [3.8, 4) is 0 Å². The summed E-state index contributed by atoms with van der Waals surface area (Å²) >= 11 is 1.69. The minimum absolute atomic E-state index is 0.112. The molecule has 0 saturated carbocycles. The molecule has 2 saturated heterocycles. The fourth-order valence-electron chi connectivity index (χ4n) is 4.35. The molecule has 2 aliphatic rings. The molecule has 2 fully saturated rings. The van der Waals surface area contributed by atoms with Crippen molar-refractivity contribution in [2.75, 3.05) is 44.2 Å². The molecule has 1 aromatic heterocycles. The molecule has 1 amide bonds. The zero-order chi connectivity index (χ0) is 21.6. The summed E-state index contributed by atoms with van der Waals surface area (Å²) in [5.41, 5.74) is 2.51. The number of likely N-dealkylation sites (tertiary alicyclic amines) is 1. The van der Waals surface area contributed by atoms with E-state index in [1.165, 1.54) is 42.0 Å². The van der Waals surface area contributed by atoms with Crippen LogP contribution in [0.5, 0.6) is 0 Å². The number of benzene rings is 1. The molecule has 0 bridgehead atoms. The molecule has 7 heteroatoms. The molecule has 0 atom stereocenters. The van der Waals surface area contributed by atoms with Crippen molar-refractivity contribution in [3.63, 3.8) is 0 Å². The topological polar surface area (TPSA) is 61.4 Å². The number of aryl methyl sites for hydroxylation is 2. The van der Waals surface area contributed by atoms with Crippen LogP contribution in [-0.2, 0) is 4.79 Å². The van der Waals surface area contributed by atoms with Crippen molar-refractivity contribution in [1.82, 2.24) is 20.2 Å². The molecular formula is C24H33N5OS. The zero-order valence-corrected chi connectivity index (χ0v) is 19.5. The summed E-state index contributed by atoms with van der Waals surface area (Å²) in [6.45, 7) is 10.1. The summed E-state index contributed by atoms with van der Waals surface area (Å²) in [6.07, 6.45) is 5.98. The first-order chi connectivity index (χ1) is 15.1. The van der Waals surface area contributed by atoms with E-state index >= 15 is 0 Å². The minimum Gasteiger partial charge on any atom is -0.356 e. The van der Waals surface area contributed by atoms with Crippen molar-refractivity contribution < 1.29 is 4.79 Å². The molecule has 0 aliphatic carbocycles. The highest BCUT2D eigenvalue weighted by Crippen LogP contribution is 2.31. The number of anilines is 1. The molecule has 0 unspecified atom stereocenters. The minimum atomic E-state index is 0.112. The normalized spacial score (nSPS) is 17.8. The average Bonchev–Trinajstić information content (AvgIpc) is 3.30. The first-order valence-corrected chi connectivity index (χ1v) is 12.2. The third-order valence-electron chi connectivity index (χ3n) is 6.30. The van der Waals surface area contributed by atoms with E-state index in [1.54, 1.807) is 18.1 Å². The molecule has 166 valence electrons. The van der Waals surface area contributed by atoms with Crippen molar-refractivity contribution in [2.24, 2.45) is 5.92 Å². The Kier molecular flexibility index (Phi) is 7.45. The van der Waals surface area contributed by atoms with Gasteiger partial charge in [0.15, 0.2) is 0 Å². The standard InChI is InChI=1S/C24H33N5OS/c1-18-5-6-19(2)21(15-18)31-23-16-22(26-17-27-23)29-12-7-20(8-13-29)24(30)25-9-14-28-10-3-4-11-28/h5-6,15-17,20H,3-4,7-14H2,1-2H3,(H,25,30). The van der Waals surface area contributed by atoms with Gasteiger partial charge in [-0.05, 0) is 69.8 Å². The Morgan fingerprint density at radius 2 is 1.87 bits per heavy atom. The quantitative estimate of drug-likeness (QED) is 0.664. The van der Waals surface area contributed by atoms with E-state index in [1.807, 2.05) is 0 Å². The Morgan fingerprint density at radius 3 is 2.65 bits per heavy atom. The number of carbonyl (C=O) groups is 1. The highest BCUT2D eigenvalue weighted by atomic mass is 32.2. The summed E-state index contributed by atoms with van der Waals surface area (Å²) in [5.74, 6) is 1.28. The SMILES string of the molecule is Cc1ccc(C)c(Sc2cc(N3CCC(C(=O)NCCN4CCCC4)CC3)ncn2)c1. The largest absolute Gasteiger partial charge is 0.356 e. The molecule has 0 spiro atoms. The number of hydrogen-bond donors (Lipinski definition) is 1. The van der Waals surface area contributed by atoms with E-state index in [2.05, 4.69) is 63.2 Å². The number of carbonyl (C=O) groups excluding carboxylic acids is 1. The van der Waals surface area contributed by atoms with Gasteiger partial charge in [0, 0.05) is 43.1 Å². The maximum atomic E-state index is 12.6. The maximum Gasteiger partial charge on any atom is 0.223 e. The Bertz CT molecular complexity index is 891. The number of rotatable bonds is 7. The van der Waals surface area contributed by atoms with E-state index in [9.17, 15) is 4.79 Å². The predicted molar refractivity (Wildman–Crippen MR) is 126 cm³/mol.